The molecule has 0 spiro atoms. The van der Waals surface area contributed by atoms with Gasteiger partial charge in [0.15, 0.2) is 0 Å². The van der Waals surface area contributed by atoms with Crippen molar-refractivity contribution in [2.75, 3.05) is 19.8 Å². The lowest BCUT2D eigenvalue weighted by Gasteiger charge is -2.09. The first-order valence-electron chi connectivity index (χ1n) is 6.28. The van der Waals surface area contributed by atoms with Crippen molar-refractivity contribution in [3.05, 3.63) is 29.8 Å². The number of halogens is 3. The molecule has 122 valence electrons. The smallest absolute Gasteiger partial charge is 0.411 e. The Morgan fingerprint density at radius 1 is 1.14 bits per heavy atom. The highest BCUT2D eigenvalue weighted by molar-refractivity contribution is 5.95. The summed E-state index contributed by atoms with van der Waals surface area (Å²) >= 11 is 0. The molecular formula is C13H15F3N2O4. The van der Waals surface area contributed by atoms with Crippen LogP contribution in [-0.4, -0.2) is 37.8 Å². The molecule has 0 aromatic heterocycles. The third-order valence-corrected chi connectivity index (χ3v) is 2.24. The largest absolute Gasteiger partial charge is 0.494 e. The van der Waals surface area contributed by atoms with Gasteiger partial charge in [-0.05, 0) is 31.2 Å². The minimum atomic E-state index is -4.51. The molecule has 0 bridgehead atoms. The second-order valence-electron chi connectivity index (χ2n) is 4.07. The van der Waals surface area contributed by atoms with E-state index < -0.39 is 31.2 Å². The zero-order chi connectivity index (χ0) is 16.6. The Balaban J connectivity index is 2.34. The quantitative estimate of drug-likeness (QED) is 0.777. The van der Waals surface area contributed by atoms with Gasteiger partial charge in [-0.15, -0.1) is 0 Å². The van der Waals surface area contributed by atoms with Crippen molar-refractivity contribution in [1.82, 2.24) is 10.9 Å². The van der Waals surface area contributed by atoms with Gasteiger partial charge >= 0.3 is 6.18 Å². The van der Waals surface area contributed by atoms with Crippen LogP contribution in [0.25, 0.3) is 0 Å². The van der Waals surface area contributed by atoms with Gasteiger partial charge in [-0.3, -0.25) is 20.4 Å². The molecule has 2 N–H and O–H groups in total. The van der Waals surface area contributed by atoms with Crippen LogP contribution in [0.5, 0.6) is 5.75 Å². The molecule has 0 aliphatic carbocycles. The number of carbonyl (C=O) groups excluding carboxylic acids is 2. The summed E-state index contributed by atoms with van der Waals surface area (Å²) in [5.74, 6) is -0.931. The van der Waals surface area contributed by atoms with Crippen molar-refractivity contribution in [3.8, 4) is 5.75 Å². The molecule has 0 fully saturated rings. The minimum Gasteiger partial charge on any atom is -0.494 e. The number of alkyl halides is 3. The summed E-state index contributed by atoms with van der Waals surface area (Å²) in [6.45, 7) is -0.0487. The highest BCUT2D eigenvalue weighted by atomic mass is 19.4. The standard InChI is InChI=1S/C13H15F3N2O4/c1-2-22-10-5-3-9(4-6-10)12(20)18-17-11(19)7-21-8-13(14,15)16/h3-6H,2,7-8H2,1H3,(H,17,19)(H,18,20). The fourth-order valence-electron chi connectivity index (χ4n) is 1.36. The van der Waals surface area contributed by atoms with Crippen LogP contribution in [0.3, 0.4) is 0 Å². The Bertz CT molecular complexity index is 503. The predicted molar refractivity (Wildman–Crippen MR) is 70.1 cm³/mol. The van der Waals surface area contributed by atoms with Gasteiger partial charge in [-0.1, -0.05) is 0 Å². The number of hydrogen-bond acceptors (Lipinski definition) is 4. The first-order chi connectivity index (χ1) is 10.3. The number of carbonyl (C=O) groups is 2. The summed E-state index contributed by atoms with van der Waals surface area (Å²) in [5.41, 5.74) is 4.25. The lowest BCUT2D eigenvalue weighted by Crippen LogP contribution is -2.43. The van der Waals surface area contributed by atoms with Crippen LogP contribution >= 0.6 is 0 Å². The molecular weight excluding hydrogens is 305 g/mol. The van der Waals surface area contributed by atoms with E-state index in [0.717, 1.165) is 0 Å². The van der Waals surface area contributed by atoms with Crippen LogP contribution in [0.15, 0.2) is 24.3 Å². The van der Waals surface area contributed by atoms with E-state index in [1.807, 2.05) is 12.3 Å². The maximum Gasteiger partial charge on any atom is 0.411 e. The van der Waals surface area contributed by atoms with E-state index in [4.69, 9.17) is 4.74 Å². The van der Waals surface area contributed by atoms with Gasteiger partial charge < -0.3 is 9.47 Å². The molecule has 0 atom stereocenters. The molecule has 22 heavy (non-hydrogen) atoms. The van der Waals surface area contributed by atoms with E-state index in [9.17, 15) is 22.8 Å². The minimum absolute atomic E-state index is 0.250. The average Bonchev–Trinajstić information content (AvgIpc) is 2.44. The molecule has 0 unspecified atom stereocenters. The van der Waals surface area contributed by atoms with Crippen molar-refractivity contribution in [1.29, 1.82) is 0 Å². The maximum atomic E-state index is 11.8. The number of ether oxygens (including phenoxy) is 2. The summed E-state index contributed by atoms with van der Waals surface area (Å²) in [5, 5.41) is 0. The fraction of sp³-hybridized carbons (Fsp3) is 0.385. The zero-order valence-electron chi connectivity index (χ0n) is 11.7. The van der Waals surface area contributed by atoms with Gasteiger partial charge in [0.25, 0.3) is 11.8 Å². The van der Waals surface area contributed by atoms with Crippen LogP contribution in [-0.2, 0) is 9.53 Å². The maximum absolute atomic E-state index is 11.8. The number of nitrogens with one attached hydrogen (secondary N) is 2. The number of rotatable bonds is 6. The number of hydrogen-bond donors (Lipinski definition) is 2. The Kier molecular flexibility index (Phi) is 6.64. The van der Waals surface area contributed by atoms with Crippen molar-refractivity contribution in [2.24, 2.45) is 0 Å². The lowest BCUT2D eigenvalue weighted by molar-refractivity contribution is -0.175. The molecule has 1 aromatic rings. The molecule has 0 aliphatic heterocycles. The highest BCUT2D eigenvalue weighted by Crippen LogP contribution is 2.14. The molecule has 9 heteroatoms. The molecule has 0 aliphatic rings. The van der Waals surface area contributed by atoms with Gasteiger partial charge in [-0.25, -0.2) is 0 Å². The average molecular weight is 320 g/mol. The Hall–Kier alpha value is -2.29. The summed E-state index contributed by atoms with van der Waals surface area (Å²) in [6, 6.07) is 6.11. The van der Waals surface area contributed by atoms with Crippen LogP contribution in [0, 0.1) is 0 Å². The van der Waals surface area contributed by atoms with E-state index in [1.165, 1.54) is 12.1 Å². The molecule has 1 rings (SSSR count). The van der Waals surface area contributed by atoms with Crippen LogP contribution in [0.4, 0.5) is 13.2 Å². The first-order valence-corrected chi connectivity index (χ1v) is 6.28. The Morgan fingerprint density at radius 3 is 2.32 bits per heavy atom. The topological polar surface area (TPSA) is 76.7 Å². The van der Waals surface area contributed by atoms with E-state index in [1.54, 1.807) is 12.1 Å². The highest BCUT2D eigenvalue weighted by Gasteiger charge is 2.27. The lowest BCUT2D eigenvalue weighted by atomic mass is 10.2. The van der Waals surface area contributed by atoms with Crippen LogP contribution in [0.1, 0.15) is 17.3 Å². The van der Waals surface area contributed by atoms with E-state index in [2.05, 4.69) is 10.2 Å². The van der Waals surface area contributed by atoms with Gasteiger partial charge in [0.05, 0.1) is 6.61 Å². The molecule has 0 heterocycles. The summed E-state index contributed by atoms with van der Waals surface area (Å²) < 4.78 is 44.7. The zero-order valence-corrected chi connectivity index (χ0v) is 11.7. The molecule has 0 radical (unpaired) electrons. The third kappa shape index (κ3) is 6.93. The molecule has 2 amide bonds. The second kappa shape index (κ2) is 8.23. The summed E-state index contributed by atoms with van der Waals surface area (Å²) in [7, 11) is 0. The third-order valence-electron chi connectivity index (χ3n) is 2.24. The Labute approximate surface area is 124 Å². The second-order valence-corrected chi connectivity index (χ2v) is 4.07. The van der Waals surface area contributed by atoms with E-state index in [0.29, 0.717) is 12.4 Å². The molecule has 0 saturated heterocycles. The van der Waals surface area contributed by atoms with Gasteiger partial charge in [0.2, 0.25) is 0 Å². The van der Waals surface area contributed by atoms with Crippen molar-refractivity contribution >= 4 is 11.8 Å². The van der Waals surface area contributed by atoms with Crippen LogP contribution < -0.4 is 15.6 Å². The van der Waals surface area contributed by atoms with Crippen LogP contribution in [0.2, 0.25) is 0 Å². The van der Waals surface area contributed by atoms with Gasteiger partial charge in [-0.2, -0.15) is 13.2 Å². The fourth-order valence-corrected chi connectivity index (χ4v) is 1.36. The van der Waals surface area contributed by atoms with Gasteiger partial charge in [0, 0.05) is 5.56 Å². The number of benzene rings is 1. The molecule has 1 aromatic carbocycles. The SMILES string of the molecule is CCOc1ccc(C(=O)NNC(=O)COCC(F)(F)F)cc1. The summed E-state index contributed by atoms with van der Waals surface area (Å²) in [4.78, 5) is 22.8. The number of amides is 2. The predicted octanol–water partition coefficient (Wildman–Crippen LogP) is 1.43. The van der Waals surface area contributed by atoms with E-state index >= 15 is 0 Å². The normalized spacial score (nSPS) is 10.9. The molecule has 6 nitrogen and oxygen atoms in total. The first kappa shape index (κ1) is 17.8. The van der Waals surface area contributed by atoms with E-state index in [-0.39, 0.29) is 5.56 Å². The molecule has 0 saturated carbocycles. The van der Waals surface area contributed by atoms with Crippen molar-refractivity contribution in [2.45, 2.75) is 13.1 Å². The van der Waals surface area contributed by atoms with Crippen molar-refractivity contribution in [3.63, 3.8) is 0 Å². The monoisotopic (exact) mass is 320 g/mol. The Morgan fingerprint density at radius 2 is 1.77 bits per heavy atom. The van der Waals surface area contributed by atoms with Gasteiger partial charge in [0.1, 0.15) is 19.0 Å². The summed E-state index contributed by atoms with van der Waals surface area (Å²) in [6.07, 6.45) is -4.51. The van der Waals surface area contributed by atoms with Crippen molar-refractivity contribution < 1.29 is 32.2 Å². The number of hydrazine groups is 1.